The van der Waals surface area contributed by atoms with Crippen LogP contribution in [0.4, 0.5) is 5.82 Å². The van der Waals surface area contributed by atoms with E-state index in [9.17, 15) is 0 Å². The van der Waals surface area contributed by atoms with Crippen LogP contribution in [-0.4, -0.2) is 45.7 Å². The lowest BCUT2D eigenvalue weighted by Gasteiger charge is -2.15. The fraction of sp³-hybridized carbons (Fsp3) is 0.222. The molecule has 0 radical (unpaired) electrons. The van der Waals surface area contributed by atoms with Gasteiger partial charge in [0.2, 0.25) is 11.5 Å². The molecule has 138 valence electrons. The lowest BCUT2D eigenvalue weighted by Crippen LogP contribution is -2.04. The number of ether oxygens (including phenoxy) is 3. The monoisotopic (exact) mass is 366 g/mol. The minimum atomic E-state index is 0.478. The molecule has 1 N–H and O–H groups in total. The Bertz CT molecular complexity index is 1080. The highest BCUT2D eigenvalue weighted by Crippen LogP contribution is 2.43. The maximum absolute atomic E-state index is 5.50. The molecule has 27 heavy (non-hydrogen) atoms. The Balaban J connectivity index is 1.73. The van der Waals surface area contributed by atoms with Crippen LogP contribution in [0.15, 0.2) is 37.1 Å². The highest BCUT2D eigenvalue weighted by atomic mass is 16.5. The number of hydrogen-bond donors (Lipinski definition) is 1. The zero-order chi connectivity index (χ0) is 18.8. The Kier molecular flexibility index (Phi) is 4.33. The molecule has 0 bridgehead atoms. The van der Waals surface area contributed by atoms with Crippen molar-refractivity contribution in [1.82, 2.24) is 24.3 Å². The van der Waals surface area contributed by atoms with Crippen molar-refractivity contribution in [2.24, 2.45) is 0 Å². The van der Waals surface area contributed by atoms with E-state index in [1.165, 1.54) is 6.33 Å². The van der Waals surface area contributed by atoms with Gasteiger partial charge in [-0.3, -0.25) is 4.40 Å². The Hall–Kier alpha value is -3.62. The molecule has 0 saturated heterocycles. The van der Waals surface area contributed by atoms with Gasteiger partial charge in [-0.2, -0.15) is 0 Å². The van der Waals surface area contributed by atoms with Crippen molar-refractivity contribution < 1.29 is 14.2 Å². The van der Waals surface area contributed by atoms with E-state index in [0.717, 1.165) is 11.1 Å². The second-order valence-corrected chi connectivity index (χ2v) is 5.68. The summed E-state index contributed by atoms with van der Waals surface area (Å²) in [5.74, 6) is 2.81. The van der Waals surface area contributed by atoms with Gasteiger partial charge < -0.3 is 19.5 Å². The number of rotatable bonds is 6. The van der Waals surface area contributed by atoms with E-state index in [2.05, 4.69) is 25.3 Å². The van der Waals surface area contributed by atoms with Crippen molar-refractivity contribution in [2.45, 2.75) is 6.54 Å². The van der Waals surface area contributed by atoms with Crippen LogP contribution in [0.5, 0.6) is 17.2 Å². The number of nitrogens with one attached hydrogen (secondary N) is 1. The summed E-state index contributed by atoms with van der Waals surface area (Å²) in [7, 11) is 4.70. The number of fused-ring (bicyclic) bond motifs is 2. The minimum absolute atomic E-state index is 0.478. The third-order valence-electron chi connectivity index (χ3n) is 4.15. The summed E-state index contributed by atoms with van der Waals surface area (Å²) in [6, 6.07) is 3.68. The first-order valence-corrected chi connectivity index (χ1v) is 8.21. The predicted molar refractivity (Wildman–Crippen MR) is 99.5 cm³/mol. The highest BCUT2D eigenvalue weighted by molar-refractivity contribution is 5.96. The van der Waals surface area contributed by atoms with E-state index in [-0.39, 0.29) is 0 Å². The van der Waals surface area contributed by atoms with Crippen molar-refractivity contribution in [1.29, 1.82) is 0 Å². The molecular weight excluding hydrogens is 348 g/mol. The Labute approximate surface area is 155 Å². The van der Waals surface area contributed by atoms with E-state index in [1.807, 2.05) is 28.9 Å². The van der Waals surface area contributed by atoms with Gasteiger partial charge in [0.25, 0.3) is 0 Å². The summed E-state index contributed by atoms with van der Waals surface area (Å²) < 4.78 is 18.2. The highest BCUT2D eigenvalue weighted by Gasteiger charge is 2.19. The number of methoxy groups -OCH3 is 3. The molecule has 0 atom stereocenters. The van der Waals surface area contributed by atoms with Gasteiger partial charge in [-0.05, 0) is 12.1 Å². The Morgan fingerprint density at radius 2 is 1.89 bits per heavy atom. The maximum Gasteiger partial charge on any atom is 0.233 e. The molecule has 0 aliphatic rings. The standard InChI is InChI=1S/C18H18N6O3/c1-25-13-7-12-14(16(27-3)15(13)26-2)21-10-22-17(12)20-8-11-9-24-6-4-5-19-18(24)23-11/h4-7,9-10H,8H2,1-3H3,(H,20,21,22). The third kappa shape index (κ3) is 2.92. The minimum Gasteiger partial charge on any atom is -0.493 e. The molecule has 0 unspecified atom stereocenters. The maximum atomic E-state index is 5.50. The summed E-state index contributed by atoms with van der Waals surface area (Å²) in [4.78, 5) is 17.4. The molecule has 4 rings (SSSR count). The van der Waals surface area contributed by atoms with Crippen molar-refractivity contribution >= 4 is 22.5 Å². The third-order valence-corrected chi connectivity index (χ3v) is 4.15. The molecule has 0 amide bonds. The van der Waals surface area contributed by atoms with E-state index in [1.54, 1.807) is 27.5 Å². The zero-order valence-electron chi connectivity index (χ0n) is 15.1. The molecule has 0 aliphatic heterocycles. The lowest BCUT2D eigenvalue weighted by atomic mass is 10.2. The number of anilines is 1. The smallest absolute Gasteiger partial charge is 0.233 e. The molecule has 4 aromatic rings. The predicted octanol–water partition coefficient (Wildman–Crippen LogP) is 2.31. The van der Waals surface area contributed by atoms with Crippen LogP contribution in [0.2, 0.25) is 0 Å². The van der Waals surface area contributed by atoms with Crippen molar-refractivity contribution in [3.63, 3.8) is 0 Å². The summed E-state index contributed by atoms with van der Waals surface area (Å²) in [5, 5.41) is 4.06. The molecular formula is C18H18N6O3. The number of hydrogen-bond acceptors (Lipinski definition) is 8. The summed E-state index contributed by atoms with van der Waals surface area (Å²) in [6.07, 6.45) is 7.01. The van der Waals surface area contributed by atoms with Crippen LogP contribution in [0, 0.1) is 0 Å². The average molecular weight is 366 g/mol. The number of nitrogens with zero attached hydrogens (tertiary/aromatic N) is 5. The van der Waals surface area contributed by atoms with Crippen LogP contribution in [0.25, 0.3) is 16.7 Å². The van der Waals surface area contributed by atoms with Gasteiger partial charge in [0, 0.05) is 18.6 Å². The number of aromatic nitrogens is 5. The van der Waals surface area contributed by atoms with E-state index in [4.69, 9.17) is 14.2 Å². The first-order valence-electron chi connectivity index (χ1n) is 8.21. The Morgan fingerprint density at radius 1 is 1.04 bits per heavy atom. The van der Waals surface area contributed by atoms with Crippen LogP contribution < -0.4 is 19.5 Å². The van der Waals surface area contributed by atoms with Crippen molar-refractivity contribution in [3.8, 4) is 17.2 Å². The van der Waals surface area contributed by atoms with Gasteiger partial charge in [0.15, 0.2) is 11.5 Å². The van der Waals surface area contributed by atoms with E-state index >= 15 is 0 Å². The van der Waals surface area contributed by atoms with Gasteiger partial charge in [-0.1, -0.05) is 0 Å². The second-order valence-electron chi connectivity index (χ2n) is 5.68. The molecule has 9 heteroatoms. The molecule has 0 aliphatic carbocycles. The van der Waals surface area contributed by atoms with Gasteiger partial charge in [0.1, 0.15) is 17.7 Å². The quantitative estimate of drug-likeness (QED) is 0.555. The van der Waals surface area contributed by atoms with Crippen molar-refractivity contribution in [2.75, 3.05) is 26.6 Å². The number of imidazole rings is 1. The summed E-state index contributed by atoms with van der Waals surface area (Å²) in [6.45, 7) is 0.478. The van der Waals surface area contributed by atoms with Gasteiger partial charge in [0.05, 0.1) is 39.0 Å². The molecule has 3 aromatic heterocycles. The molecule has 1 aromatic carbocycles. The normalized spacial score (nSPS) is 10.9. The molecule has 0 saturated carbocycles. The van der Waals surface area contributed by atoms with E-state index < -0.39 is 0 Å². The zero-order valence-corrected chi connectivity index (χ0v) is 15.1. The first-order chi connectivity index (χ1) is 13.2. The summed E-state index contributed by atoms with van der Waals surface area (Å²) >= 11 is 0. The van der Waals surface area contributed by atoms with Crippen LogP contribution in [-0.2, 0) is 6.54 Å². The lowest BCUT2D eigenvalue weighted by molar-refractivity contribution is 0.327. The SMILES string of the molecule is COc1cc2c(NCc3cn4cccnc4n3)ncnc2c(OC)c1OC. The topological polar surface area (TPSA) is 95.7 Å². The molecule has 9 nitrogen and oxygen atoms in total. The first kappa shape index (κ1) is 16.8. The van der Waals surface area contributed by atoms with Crippen molar-refractivity contribution in [3.05, 3.63) is 42.7 Å². The largest absolute Gasteiger partial charge is 0.493 e. The van der Waals surface area contributed by atoms with Crippen LogP contribution in [0.3, 0.4) is 0 Å². The van der Waals surface area contributed by atoms with Crippen LogP contribution >= 0.6 is 0 Å². The van der Waals surface area contributed by atoms with Gasteiger partial charge in [-0.15, -0.1) is 0 Å². The second kappa shape index (κ2) is 6.94. The Morgan fingerprint density at radius 3 is 2.63 bits per heavy atom. The fourth-order valence-corrected chi connectivity index (χ4v) is 2.94. The van der Waals surface area contributed by atoms with Crippen LogP contribution in [0.1, 0.15) is 5.69 Å². The molecule has 3 heterocycles. The van der Waals surface area contributed by atoms with Gasteiger partial charge in [-0.25, -0.2) is 19.9 Å². The average Bonchev–Trinajstić information content (AvgIpc) is 3.13. The van der Waals surface area contributed by atoms with E-state index in [0.29, 0.717) is 40.9 Å². The fourth-order valence-electron chi connectivity index (χ4n) is 2.94. The number of benzene rings is 1. The van der Waals surface area contributed by atoms with Gasteiger partial charge >= 0.3 is 0 Å². The molecule has 0 spiro atoms. The summed E-state index contributed by atoms with van der Waals surface area (Å²) in [5.41, 5.74) is 1.47. The molecule has 0 fully saturated rings.